The monoisotopic (exact) mass is 667 g/mol. The molecule has 4 amide bonds. The van der Waals surface area contributed by atoms with E-state index in [-0.39, 0.29) is 30.4 Å². The van der Waals surface area contributed by atoms with Crippen molar-refractivity contribution in [2.24, 2.45) is 4.99 Å². The van der Waals surface area contributed by atoms with Crippen LogP contribution in [0.25, 0.3) is 0 Å². The smallest absolute Gasteiger partial charge is 0.326 e. The Morgan fingerprint density at radius 1 is 0.960 bits per heavy atom. The van der Waals surface area contributed by atoms with Crippen LogP contribution in [0, 0.1) is 6.92 Å². The van der Waals surface area contributed by atoms with Crippen molar-refractivity contribution in [3.63, 3.8) is 0 Å². The van der Waals surface area contributed by atoms with Crippen molar-refractivity contribution in [1.29, 1.82) is 0 Å². The van der Waals surface area contributed by atoms with E-state index < -0.39 is 0 Å². The Morgan fingerprint density at radius 3 is 2.56 bits per heavy atom. The third kappa shape index (κ3) is 6.47. The number of aliphatic imine (C=N–C) groups is 1. The number of anilines is 4. The van der Waals surface area contributed by atoms with Crippen LogP contribution < -0.4 is 20.4 Å². The first-order chi connectivity index (χ1) is 24.1. The predicted molar refractivity (Wildman–Crippen MR) is 192 cm³/mol. The highest BCUT2D eigenvalue weighted by Gasteiger charge is 2.36. The van der Waals surface area contributed by atoms with E-state index >= 15 is 0 Å². The van der Waals surface area contributed by atoms with Gasteiger partial charge in [0.05, 0.1) is 36.7 Å². The summed E-state index contributed by atoms with van der Waals surface area (Å²) in [5, 5.41) is 6.22. The fourth-order valence-corrected chi connectivity index (χ4v) is 6.39. The fourth-order valence-electron chi connectivity index (χ4n) is 6.39. The molecule has 12 nitrogen and oxygen atoms in total. The second-order valence-electron chi connectivity index (χ2n) is 12.7. The number of carbonyl (C=O) groups is 3. The number of carbonyl (C=O) groups excluding carboxylic acids is 3. The van der Waals surface area contributed by atoms with Gasteiger partial charge in [-0.15, -0.1) is 0 Å². The maximum atomic E-state index is 13.8. The van der Waals surface area contributed by atoms with Crippen molar-refractivity contribution in [3.8, 4) is 0 Å². The second kappa shape index (κ2) is 13.4. The van der Waals surface area contributed by atoms with Gasteiger partial charge in [0.2, 0.25) is 11.9 Å². The van der Waals surface area contributed by atoms with Gasteiger partial charge in [-0.05, 0) is 56.7 Å². The molecule has 1 aliphatic carbocycles. The zero-order valence-corrected chi connectivity index (χ0v) is 28.3. The SMILES string of the molecule is CC1=CC=C(NC(=O)c2ccc3c(c2)N(Cc2ccccc2)C(=O)CN=C3C)CC1N1Cc2cnc(Nc3ccc(C)nc3)nc2N(C)C1=O. The summed E-state index contributed by atoms with van der Waals surface area (Å²) >= 11 is 0. The largest absolute Gasteiger partial charge is 0.326 e. The Balaban J connectivity index is 1.07. The van der Waals surface area contributed by atoms with Crippen LogP contribution in [-0.2, 0) is 17.9 Å². The third-order valence-corrected chi connectivity index (χ3v) is 9.21. The number of rotatable bonds is 7. The number of amides is 4. The highest BCUT2D eigenvalue weighted by molar-refractivity contribution is 6.12. The van der Waals surface area contributed by atoms with Gasteiger partial charge in [0.25, 0.3) is 5.91 Å². The van der Waals surface area contributed by atoms with Gasteiger partial charge >= 0.3 is 6.03 Å². The summed E-state index contributed by atoms with van der Waals surface area (Å²) in [7, 11) is 1.70. The average molecular weight is 668 g/mol. The number of urea groups is 1. The summed E-state index contributed by atoms with van der Waals surface area (Å²) in [5.74, 6) is 0.467. The molecule has 0 fully saturated rings. The summed E-state index contributed by atoms with van der Waals surface area (Å²) in [4.78, 5) is 63.6. The van der Waals surface area contributed by atoms with E-state index in [0.717, 1.165) is 39.4 Å². The molecular weight excluding hydrogens is 630 g/mol. The first-order valence-corrected chi connectivity index (χ1v) is 16.4. The number of benzene rings is 2. The van der Waals surface area contributed by atoms with E-state index in [9.17, 15) is 14.4 Å². The topological polar surface area (TPSA) is 136 Å². The Morgan fingerprint density at radius 2 is 1.78 bits per heavy atom. The predicted octanol–water partition coefficient (Wildman–Crippen LogP) is 5.68. The molecule has 0 spiro atoms. The molecule has 0 saturated carbocycles. The van der Waals surface area contributed by atoms with Crippen LogP contribution in [0.2, 0.25) is 0 Å². The number of nitrogens with zero attached hydrogens (tertiary/aromatic N) is 7. The van der Waals surface area contributed by atoms with Crippen molar-refractivity contribution in [3.05, 3.63) is 124 Å². The van der Waals surface area contributed by atoms with Crippen LogP contribution in [0.4, 0.5) is 27.9 Å². The van der Waals surface area contributed by atoms with Crippen LogP contribution in [0.1, 0.15) is 53.0 Å². The lowest BCUT2D eigenvalue weighted by Crippen LogP contribution is -2.51. The zero-order chi connectivity index (χ0) is 34.9. The molecule has 1 atom stereocenters. The van der Waals surface area contributed by atoms with Crippen molar-refractivity contribution < 1.29 is 14.4 Å². The first kappa shape index (κ1) is 32.4. The van der Waals surface area contributed by atoms with Gasteiger partial charge in [-0.25, -0.2) is 9.78 Å². The van der Waals surface area contributed by atoms with E-state index in [0.29, 0.717) is 48.2 Å². The molecule has 2 aromatic heterocycles. The van der Waals surface area contributed by atoms with Crippen molar-refractivity contribution in [2.75, 3.05) is 28.7 Å². The number of benzodiazepines with no additional fused rings is 1. The molecule has 0 bridgehead atoms. The Bertz CT molecular complexity index is 2090. The minimum atomic E-state index is -0.304. The number of allylic oxidation sites excluding steroid dienone is 2. The molecule has 0 saturated heterocycles. The molecule has 3 aliphatic rings. The fraction of sp³-hybridized carbons (Fsp3) is 0.237. The van der Waals surface area contributed by atoms with Crippen LogP contribution in [0.15, 0.2) is 101 Å². The van der Waals surface area contributed by atoms with Gasteiger partial charge in [0.15, 0.2) is 0 Å². The van der Waals surface area contributed by atoms with Crippen LogP contribution in [-0.4, -0.2) is 63.0 Å². The third-order valence-electron chi connectivity index (χ3n) is 9.21. The van der Waals surface area contributed by atoms with Gasteiger partial charge in [0.1, 0.15) is 12.4 Å². The van der Waals surface area contributed by atoms with E-state index in [4.69, 9.17) is 0 Å². The maximum Gasteiger partial charge on any atom is 0.326 e. The summed E-state index contributed by atoms with van der Waals surface area (Å²) in [6.45, 7) is 6.50. The van der Waals surface area contributed by atoms with Crippen molar-refractivity contribution in [2.45, 2.75) is 46.3 Å². The molecular formula is C38H37N9O3. The normalized spacial score (nSPS) is 17.2. The number of hydrogen-bond acceptors (Lipinski definition) is 8. The van der Waals surface area contributed by atoms with Crippen LogP contribution in [0.5, 0.6) is 0 Å². The number of fused-ring (bicyclic) bond motifs is 2. The van der Waals surface area contributed by atoms with Crippen molar-refractivity contribution >= 4 is 46.7 Å². The summed E-state index contributed by atoms with van der Waals surface area (Å²) in [5.41, 5.74) is 7.73. The van der Waals surface area contributed by atoms with Gasteiger partial charge in [-0.3, -0.25) is 24.5 Å². The average Bonchev–Trinajstić information content (AvgIpc) is 3.24. The van der Waals surface area contributed by atoms with Gasteiger partial charge < -0.3 is 20.4 Å². The van der Waals surface area contributed by atoms with E-state index in [2.05, 4.69) is 30.6 Å². The summed E-state index contributed by atoms with van der Waals surface area (Å²) in [6, 6.07) is 18.4. The summed E-state index contributed by atoms with van der Waals surface area (Å²) in [6.07, 6.45) is 7.67. The molecule has 50 heavy (non-hydrogen) atoms. The lowest BCUT2D eigenvalue weighted by atomic mass is 9.95. The molecule has 2 aromatic carbocycles. The number of hydrogen-bond donors (Lipinski definition) is 2. The second-order valence-corrected chi connectivity index (χ2v) is 12.7. The standard InChI is InChI=1S/C38H37N9O3/c1-23-10-13-29(17-32(23)47-22-28-18-41-37(44-35(28)45(4)38(47)50)43-30-14-11-24(2)39-19-30)42-36(49)27-12-15-31-25(3)40-20-34(48)46(33(31)16-27)21-26-8-6-5-7-9-26/h5-16,18-19,32H,17,20-22H2,1-4H3,(H,42,49)(H,41,43,44). The molecule has 12 heteroatoms. The molecule has 0 radical (unpaired) electrons. The first-order valence-electron chi connectivity index (χ1n) is 16.4. The van der Waals surface area contributed by atoms with Crippen LogP contribution >= 0.6 is 0 Å². The van der Waals surface area contributed by atoms with Gasteiger partial charge in [-0.1, -0.05) is 48.0 Å². The molecule has 2 aliphatic heterocycles. The molecule has 2 N–H and O–H groups in total. The van der Waals surface area contributed by atoms with Crippen molar-refractivity contribution in [1.82, 2.24) is 25.2 Å². The van der Waals surface area contributed by atoms with E-state index in [1.54, 1.807) is 41.4 Å². The lowest BCUT2D eigenvalue weighted by Gasteiger charge is -2.40. The molecule has 4 heterocycles. The van der Waals surface area contributed by atoms with E-state index in [1.165, 1.54) is 4.90 Å². The Kier molecular flexibility index (Phi) is 8.67. The Hall–Kier alpha value is -6.17. The number of aryl methyl sites for hydroxylation is 1. The molecule has 7 rings (SSSR count). The van der Waals surface area contributed by atoms with Crippen LogP contribution in [0.3, 0.4) is 0 Å². The highest BCUT2D eigenvalue weighted by Crippen LogP contribution is 2.33. The molecule has 1 unspecified atom stereocenters. The highest BCUT2D eigenvalue weighted by atomic mass is 16.2. The maximum absolute atomic E-state index is 13.8. The minimum Gasteiger partial charge on any atom is -0.326 e. The van der Waals surface area contributed by atoms with E-state index in [1.807, 2.05) is 81.5 Å². The lowest BCUT2D eigenvalue weighted by molar-refractivity contribution is -0.117. The summed E-state index contributed by atoms with van der Waals surface area (Å²) < 4.78 is 0. The molecule has 4 aromatic rings. The minimum absolute atomic E-state index is 0.0407. The Labute approximate surface area is 290 Å². The van der Waals surface area contributed by atoms with Gasteiger partial charge in [0, 0.05) is 53.5 Å². The number of aromatic nitrogens is 3. The van der Waals surface area contributed by atoms with Gasteiger partial charge in [-0.2, -0.15) is 4.98 Å². The number of pyridine rings is 1. The zero-order valence-electron chi connectivity index (χ0n) is 28.3. The number of nitrogens with one attached hydrogen (secondary N) is 2. The quantitative estimate of drug-likeness (QED) is 0.259. The molecule has 252 valence electrons.